The van der Waals surface area contributed by atoms with Gasteiger partial charge in [0.2, 0.25) is 0 Å². The van der Waals surface area contributed by atoms with Crippen LogP contribution in [-0.2, 0) is 24.2 Å². The van der Waals surface area contributed by atoms with E-state index in [1.807, 2.05) is 0 Å². The number of rotatable bonds is 8. The Morgan fingerprint density at radius 3 is 2.13 bits per heavy atom. The van der Waals surface area contributed by atoms with Crippen LogP contribution in [0.4, 0.5) is 0 Å². The highest BCUT2D eigenvalue weighted by molar-refractivity contribution is 7.90. The van der Waals surface area contributed by atoms with Gasteiger partial charge in [-0.05, 0) is 47.9 Å². The van der Waals surface area contributed by atoms with E-state index in [0.29, 0.717) is 16.9 Å². The van der Waals surface area contributed by atoms with E-state index in [1.165, 1.54) is 31.4 Å². The number of carboxylic acid groups (broad SMARTS) is 1. The maximum Gasteiger partial charge on any atom is 0.335 e. The first-order valence-electron chi connectivity index (χ1n) is 8.85. The number of halogens is 1. The molecule has 160 valence electrons. The molecule has 0 saturated heterocycles. The van der Waals surface area contributed by atoms with Crippen molar-refractivity contribution >= 4 is 38.9 Å². The van der Waals surface area contributed by atoms with Crippen LogP contribution in [0.25, 0.3) is 5.57 Å². The predicted octanol–water partition coefficient (Wildman–Crippen LogP) is 3.59. The fraction of sp³-hybridized carbons (Fsp3) is 0.238. The van der Waals surface area contributed by atoms with Crippen molar-refractivity contribution in [3.63, 3.8) is 0 Å². The lowest BCUT2D eigenvalue weighted by Gasteiger charge is -2.16. The van der Waals surface area contributed by atoms with Gasteiger partial charge in [-0.1, -0.05) is 29.8 Å². The average Bonchev–Trinajstić information content (AvgIpc) is 2.67. The number of esters is 1. The average molecular weight is 453 g/mol. The molecule has 0 bridgehead atoms. The summed E-state index contributed by atoms with van der Waals surface area (Å²) < 4.78 is 33.8. The number of aliphatic carboxylic acids is 1. The summed E-state index contributed by atoms with van der Waals surface area (Å²) in [6.07, 6.45) is 0.488. The summed E-state index contributed by atoms with van der Waals surface area (Å²) in [6, 6.07) is 10.5. The molecule has 0 aliphatic heterocycles. The van der Waals surface area contributed by atoms with Gasteiger partial charge >= 0.3 is 11.9 Å². The van der Waals surface area contributed by atoms with Crippen LogP contribution >= 0.6 is 11.6 Å². The van der Waals surface area contributed by atoms with E-state index in [0.717, 1.165) is 6.26 Å². The van der Waals surface area contributed by atoms with Crippen molar-refractivity contribution in [2.24, 2.45) is 0 Å². The monoisotopic (exact) mass is 452 g/mol. The summed E-state index contributed by atoms with van der Waals surface area (Å²) in [7, 11) is -1.97. The zero-order chi connectivity index (χ0) is 22.5. The van der Waals surface area contributed by atoms with Crippen LogP contribution in [0.2, 0.25) is 5.02 Å². The van der Waals surface area contributed by atoms with Gasteiger partial charge in [0.25, 0.3) is 0 Å². The Hall–Kier alpha value is -2.84. The fourth-order valence-corrected chi connectivity index (χ4v) is 3.73. The van der Waals surface area contributed by atoms with Crippen molar-refractivity contribution in [2.45, 2.75) is 18.2 Å². The van der Waals surface area contributed by atoms with E-state index in [-0.39, 0.29) is 27.7 Å². The minimum Gasteiger partial charge on any atom is -0.495 e. The van der Waals surface area contributed by atoms with Gasteiger partial charge < -0.3 is 14.6 Å². The molecular formula is C21H21ClO7S. The minimum absolute atomic E-state index is 0.0611. The molecule has 1 N–H and O–H groups in total. The Morgan fingerprint density at radius 2 is 1.67 bits per heavy atom. The van der Waals surface area contributed by atoms with Crippen LogP contribution < -0.4 is 4.74 Å². The Bertz CT molecular complexity index is 1090. The van der Waals surface area contributed by atoms with Gasteiger partial charge in [0.05, 0.1) is 35.6 Å². The van der Waals surface area contributed by atoms with Crippen LogP contribution in [-0.4, -0.2) is 45.4 Å². The summed E-state index contributed by atoms with van der Waals surface area (Å²) in [5.41, 5.74) is 1.09. The first-order valence-corrected chi connectivity index (χ1v) is 11.1. The lowest BCUT2D eigenvalue weighted by atomic mass is 9.91. The van der Waals surface area contributed by atoms with Crippen LogP contribution in [0.3, 0.4) is 0 Å². The number of methoxy groups -OCH3 is 1. The normalized spacial score (nSPS) is 12.1. The van der Waals surface area contributed by atoms with Crippen molar-refractivity contribution in [3.05, 3.63) is 64.2 Å². The van der Waals surface area contributed by atoms with E-state index in [1.54, 1.807) is 25.1 Å². The molecule has 9 heteroatoms. The summed E-state index contributed by atoms with van der Waals surface area (Å²) in [5.74, 6) is -1.60. The molecule has 0 spiro atoms. The summed E-state index contributed by atoms with van der Waals surface area (Å²) in [6.45, 7) is 1.67. The third kappa shape index (κ3) is 5.61. The molecular weight excluding hydrogens is 432 g/mol. The zero-order valence-electron chi connectivity index (χ0n) is 16.6. The van der Waals surface area contributed by atoms with Gasteiger partial charge in [0.15, 0.2) is 9.84 Å². The topological polar surface area (TPSA) is 107 Å². The number of carboxylic acids is 1. The number of carbonyl (C=O) groups is 2. The lowest BCUT2D eigenvalue weighted by Crippen LogP contribution is -2.14. The highest BCUT2D eigenvalue weighted by atomic mass is 35.5. The van der Waals surface area contributed by atoms with Crippen molar-refractivity contribution in [3.8, 4) is 5.75 Å². The molecule has 0 atom stereocenters. The molecule has 7 nitrogen and oxygen atoms in total. The molecule has 0 heterocycles. The Kier molecular flexibility index (Phi) is 7.64. The van der Waals surface area contributed by atoms with Crippen LogP contribution in [0, 0.1) is 0 Å². The Balaban J connectivity index is 2.80. The molecule has 0 aromatic heterocycles. The zero-order valence-corrected chi connectivity index (χ0v) is 18.2. The van der Waals surface area contributed by atoms with Gasteiger partial charge in [0, 0.05) is 6.26 Å². The fourth-order valence-electron chi connectivity index (χ4n) is 2.84. The summed E-state index contributed by atoms with van der Waals surface area (Å²) in [5, 5.41) is 9.63. The molecule has 30 heavy (non-hydrogen) atoms. The molecule has 2 rings (SSSR count). The second kappa shape index (κ2) is 9.77. The SMILES string of the molecule is CCOC(=O)C(CC(=O)O)=C(c1ccc(S(C)(=O)=O)cc1)c1ccc(OC)c(Cl)c1. The van der Waals surface area contributed by atoms with E-state index in [4.69, 9.17) is 21.1 Å². The Labute approximate surface area is 179 Å². The van der Waals surface area contributed by atoms with Crippen molar-refractivity contribution in [2.75, 3.05) is 20.0 Å². The van der Waals surface area contributed by atoms with Gasteiger partial charge in [-0.3, -0.25) is 4.79 Å². The lowest BCUT2D eigenvalue weighted by molar-refractivity contribution is -0.142. The van der Waals surface area contributed by atoms with Gasteiger partial charge in [0.1, 0.15) is 5.75 Å². The third-order valence-electron chi connectivity index (χ3n) is 4.16. The molecule has 0 amide bonds. The maximum absolute atomic E-state index is 12.6. The second-order valence-corrected chi connectivity index (χ2v) is 8.71. The smallest absolute Gasteiger partial charge is 0.335 e. The number of ether oxygens (including phenoxy) is 2. The van der Waals surface area contributed by atoms with E-state index < -0.39 is 28.2 Å². The first kappa shape index (κ1) is 23.4. The van der Waals surface area contributed by atoms with Crippen LogP contribution in [0.5, 0.6) is 5.75 Å². The minimum atomic E-state index is -3.43. The number of hydrogen-bond acceptors (Lipinski definition) is 6. The first-order chi connectivity index (χ1) is 14.1. The quantitative estimate of drug-likeness (QED) is 0.481. The maximum atomic E-state index is 12.6. The molecule has 0 fully saturated rings. The molecule has 0 unspecified atom stereocenters. The van der Waals surface area contributed by atoms with Crippen molar-refractivity contribution in [1.82, 2.24) is 0 Å². The molecule has 0 aliphatic carbocycles. The number of benzene rings is 2. The van der Waals surface area contributed by atoms with E-state index >= 15 is 0 Å². The Morgan fingerprint density at radius 1 is 1.07 bits per heavy atom. The predicted molar refractivity (Wildman–Crippen MR) is 112 cm³/mol. The number of hydrogen-bond donors (Lipinski definition) is 1. The number of carbonyl (C=O) groups excluding carboxylic acids is 1. The van der Waals surface area contributed by atoms with E-state index in [9.17, 15) is 23.1 Å². The molecule has 0 saturated carbocycles. The van der Waals surface area contributed by atoms with Crippen LogP contribution in [0.1, 0.15) is 24.5 Å². The molecule has 0 aliphatic rings. The second-order valence-electron chi connectivity index (χ2n) is 6.29. The third-order valence-corrected chi connectivity index (χ3v) is 5.59. The van der Waals surface area contributed by atoms with Gasteiger partial charge in [-0.15, -0.1) is 0 Å². The number of sulfone groups is 1. The highest BCUT2D eigenvalue weighted by Crippen LogP contribution is 2.34. The van der Waals surface area contributed by atoms with Gasteiger partial charge in [-0.2, -0.15) is 0 Å². The standard InChI is InChI=1S/C21H21ClO7S/c1-4-29-21(25)16(12-19(23)24)20(14-7-10-18(28-2)17(22)11-14)13-5-8-15(9-6-13)30(3,26)27/h5-11H,4,12H2,1-3H3,(H,23,24). The molecule has 2 aromatic rings. The van der Waals surface area contributed by atoms with Crippen molar-refractivity contribution in [1.29, 1.82) is 0 Å². The van der Waals surface area contributed by atoms with E-state index in [2.05, 4.69) is 0 Å². The largest absolute Gasteiger partial charge is 0.495 e. The van der Waals surface area contributed by atoms with Crippen LogP contribution in [0.15, 0.2) is 52.9 Å². The van der Waals surface area contributed by atoms with Crippen molar-refractivity contribution < 1.29 is 32.6 Å². The summed E-state index contributed by atoms with van der Waals surface area (Å²) in [4.78, 5) is 24.2. The van der Waals surface area contributed by atoms with Gasteiger partial charge in [-0.25, -0.2) is 13.2 Å². The molecule has 2 aromatic carbocycles. The highest BCUT2D eigenvalue weighted by Gasteiger charge is 2.23. The molecule has 0 radical (unpaired) electrons. The summed E-state index contributed by atoms with van der Waals surface area (Å²) >= 11 is 6.24.